The van der Waals surface area contributed by atoms with Gasteiger partial charge < -0.3 is 24.8 Å². The van der Waals surface area contributed by atoms with Gasteiger partial charge in [0.05, 0.1) is 33.5 Å². The Balaban J connectivity index is 1.66. The number of morpholine rings is 1. The topological polar surface area (TPSA) is 67.4 Å². The van der Waals surface area contributed by atoms with Crippen LogP contribution in [0, 0.1) is 0 Å². The van der Waals surface area contributed by atoms with Crippen molar-refractivity contribution in [3.05, 3.63) is 40.6 Å². The van der Waals surface area contributed by atoms with Crippen molar-refractivity contribution in [2.75, 3.05) is 59.4 Å². The van der Waals surface area contributed by atoms with Crippen molar-refractivity contribution in [3.8, 4) is 11.5 Å². The number of ether oxygens (including phenoxy) is 3. The fourth-order valence-electron chi connectivity index (χ4n) is 3.20. The summed E-state index contributed by atoms with van der Waals surface area (Å²) in [6, 6.07) is 10.3. The highest BCUT2D eigenvalue weighted by atomic mass is 32.1. The van der Waals surface area contributed by atoms with Crippen LogP contribution in [0.4, 0.5) is 5.69 Å². The summed E-state index contributed by atoms with van der Waals surface area (Å²) in [5.41, 5.74) is 0.879. The van der Waals surface area contributed by atoms with Crippen molar-refractivity contribution in [3.63, 3.8) is 0 Å². The number of nitrogens with one attached hydrogen (secondary N) is 2. The fourth-order valence-corrected chi connectivity index (χ4v) is 4.06. The number of anilines is 1. The third-order valence-corrected chi connectivity index (χ3v) is 5.66. The van der Waals surface area contributed by atoms with Gasteiger partial charge in [-0.25, -0.2) is 0 Å². The molecule has 28 heavy (non-hydrogen) atoms. The van der Waals surface area contributed by atoms with E-state index >= 15 is 0 Å². The maximum atomic E-state index is 5.52. The molecular weight excluding hydrogens is 376 g/mol. The lowest BCUT2D eigenvalue weighted by atomic mass is 10.2. The number of guanidine groups is 1. The Morgan fingerprint density at radius 1 is 1.21 bits per heavy atom. The van der Waals surface area contributed by atoms with Crippen LogP contribution in [0.3, 0.4) is 0 Å². The molecule has 152 valence electrons. The molecule has 0 radical (unpaired) electrons. The summed E-state index contributed by atoms with van der Waals surface area (Å²) in [7, 11) is 5.02. The van der Waals surface area contributed by atoms with Gasteiger partial charge in [0.1, 0.15) is 0 Å². The summed E-state index contributed by atoms with van der Waals surface area (Å²) >= 11 is 1.78. The first-order valence-corrected chi connectivity index (χ1v) is 10.2. The molecule has 1 aliphatic rings. The highest BCUT2D eigenvalue weighted by molar-refractivity contribution is 7.10. The molecule has 1 aromatic heterocycles. The van der Waals surface area contributed by atoms with Crippen molar-refractivity contribution >= 4 is 23.0 Å². The smallest absolute Gasteiger partial charge is 0.195 e. The van der Waals surface area contributed by atoms with E-state index < -0.39 is 0 Å². The lowest BCUT2D eigenvalue weighted by molar-refractivity contribution is 0.0177. The van der Waals surface area contributed by atoms with Gasteiger partial charge in [-0.15, -0.1) is 11.3 Å². The number of benzene rings is 1. The molecule has 2 heterocycles. The lowest BCUT2D eigenvalue weighted by Gasteiger charge is -2.34. The molecule has 7 nitrogen and oxygen atoms in total. The number of rotatable bonds is 7. The van der Waals surface area contributed by atoms with Gasteiger partial charge in [-0.1, -0.05) is 6.07 Å². The van der Waals surface area contributed by atoms with Crippen LogP contribution in [-0.4, -0.2) is 65.0 Å². The molecule has 0 amide bonds. The van der Waals surface area contributed by atoms with E-state index in [2.05, 4.69) is 38.0 Å². The molecule has 0 aliphatic carbocycles. The number of nitrogens with zero attached hydrogens (tertiary/aromatic N) is 2. The van der Waals surface area contributed by atoms with E-state index in [0.717, 1.165) is 38.5 Å². The van der Waals surface area contributed by atoms with Gasteiger partial charge in [0.2, 0.25) is 0 Å². The molecule has 8 heteroatoms. The van der Waals surface area contributed by atoms with Gasteiger partial charge in [0.15, 0.2) is 17.5 Å². The first-order chi connectivity index (χ1) is 13.7. The summed E-state index contributed by atoms with van der Waals surface area (Å²) < 4.78 is 16.2. The van der Waals surface area contributed by atoms with Gasteiger partial charge in [0, 0.05) is 43.3 Å². The monoisotopic (exact) mass is 404 g/mol. The van der Waals surface area contributed by atoms with Crippen molar-refractivity contribution in [1.82, 2.24) is 10.2 Å². The van der Waals surface area contributed by atoms with Crippen LogP contribution < -0.4 is 20.1 Å². The third-order valence-electron chi connectivity index (χ3n) is 4.69. The molecule has 0 spiro atoms. The predicted molar refractivity (Wildman–Crippen MR) is 114 cm³/mol. The fraction of sp³-hybridized carbons (Fsp3) is 0.450. The molecule has 2 aromatic rings. The number of hydrogen-bond donors (Lipinski definition) is 2. The minimum Gasteiger partial charge on any atom is -0.493 e. The average Bonchev–Trinajstić information content (AvgIpc) is 3.28. The van der Waals surface area contributed by atoms with Crippen LogP contribution in [-0.2, 0) is 4.74 Å². The van der Waals surface area contributed by atoms with Crippen molar-refractivity contribution in [2.24, 2.45) is 4.99 Å². The normalized spacial score (nSPS) is 16.5. The number of aliphatic imine (C=N–C) groups is 1. The molecule has 2 N–H and O–H groups in total. The second-order valence-electron chi connectivity index (χ2n) is 6.33. The van der Waals surface area contributed by atoms with Crippen LogP contribution in [0.1, 0.15) is 10.9 Å². The van der Waals surface area contributed by atoms with Crippen LogP contribution in [0.5, 0.6) is 11.5 Å². The van der Waals surface area contributed by atoms with E-state index in [1.54, 1.807) is 32.6 Å². The van der Waals surface area contributed by atoms with E-state index in [9.17, 15) is 0 Å². The summed E-state index contributed by atoms with van der Waals surface area (Å²) in [6.45, 7) is 4.19. The molecule has 1 saturated heterocycles. The van der Waals surface area contributed by atoms with E-state index in [0.29, 0.717) is 17.5 Å². The Morgan fingerprint density at radius 3 is 2.64 bits per heavy atom. The molecule has 1 fully saturated rings. The predicted octanol–water partition coefficient (Wildman–Crippen LogP) is 2.83. The Bertz CT molecular complexity index is 761. The van der Waals surface area contributed by atoms with Crippen molar-refractivity contribution in [1.29, 1.82) is 0 Å². The zero-order valence-electron chi connectivity index (χ0n) is 16.6. The molecular formula is C20H28N4O3S. The maximum Gasteiger partial charge on any atom is 0.195 e. The van der Waals surface area contributed by atoms with E-state index in [4.69, 9.17) is 14.2 Å². The van der Waals surface area contributed by atoms with E-state index in [1.807, 2.05) is 18.2 Å². The van der Waals surface area contributed by atoms with E-state index in [1.165, 1.54) is 4.88 Å². The van der Waals surface area contributed by atoms with Crippen LogP contribution in [0.25, 0.3) is 0 Å². The molecule has 0 bridgehead atoms. The minimum absolute atomic E-state index is 0.285. The zero-order chi connectivity index (χ0) is 19.8. The molecule has 1 aromatic carbocycles. The largest absolute Gasteiger partial charge is 0.493 e. The summed E-state index contributed by atoms with van der Waals surface area (Å²) in [5.74, 6) is 2.08. The van der Waals surface area contributed by atoms with Gasteiger partial charge in [-0.05, 0) is 23.6 Å². The first kappa shape index (κ1) is 20.4. The molecule has 1 unspecified atom stereocenters. The van der Waals surface area contributed by atoms with Crippen molar-refractivity contribution in [2.45, 2.75) is 6.04 Å². The van der Waals surface area contributed by atoms with Crippen LogP contribution >= 0.6 is 11.3 Å². The third kappa shape index (κ3) is 5.15. The summed E-state index contributed by atoms with van der Waals surface area (Å²) in [5, 5.41) is 8.91. The highest BCUT2D eigenvalue weighted by Crippen LogP contribution is 2.30. The Labute approximate surface area is 170 Å². The van der Waals surface area contributed by atoms with Crippen molar-refractivity contribution < 1.29 is 14.2 Å². The average molecular weight is 405 g/mol. The second-order valence-corrected chi connectivity index (χ2v) is 7.31. The number of thiophene rings is 1. The van der Waals surface area contributed by atoms with Crippen LogP contribution in [0.2, 0.25) is 0 Å². The molecule has 3 rings (SSSR count). The highest BCUT2D eigenvalue weighted by Gasteiger charge is 2.23. The zero-order valence-corrected chi connectivity index (χ0v) is 17.4. The number of hydrogen-bond acceptors (Lipinski definition) is 6. The van der Waals surface area contributed by atoms with Gasteiger partial charge in [0.25, 0.3) is 0 Å². The maximum absolute atomic E-state index is 5.52. The quantitative estimate of drug-likeness (QED) is 0.546. The molecule has 0 saturated carbocycles. The SMILES string of the molecule is CN=C(NCC(c1cccs1)N1CCOCC1)Nc1ccc(OC)c(OC)c1. The minimum atomic E-state index is 0.285. The van der Waals surface area contributed by atoms with E-state index in [-0.39, 0.29) is 6.04 Å². The Kier molecular flexibility index (Phi) is 7.53. The summed E-state index contributed by atoms with van der Waals surface area (Å²) in [4.78, 5) is 8.17. The second kappa shape index (κ2) is 10.3. The Morgan fingerprint density at radius 2 is 2.00 bits per heavy atom. The summed E-state index contributed by atoms with van der Waals surface area (Å²) in [6.07, 6.45) is 0. The Hall–Kier alpha value is -2.29. The molecule has 1 atom stereocenters. The van der Waals surface area contributed by atoms with Gasteiger partial charge in [-0.3, -0.25) is 9.89 Å². The van der Waals surface area contributed by atoms with Gasteiger partial charge in [-0.2, -0.15) is 0 Å². The number of methoxy groups -OCH3 is 2. The lowest BCUT2D eigenvalue weighted by Crippen LogP contribution is -2.44. The first-order valence-electron chi connectivity index (χ1n) is 9.30. The molecule has 1 aliphatic heterocycles. The standard InChI is InChI=1S/C20H28N4O3S/c1-21-20(23-15-6-7-17(25-2)18(13-15)26-3)22-14-16(19-5-4-12-28-19)24-8-10-27-11-9-24/h4-7,12-13,16H,8-11,14H2,1-3H3,(H2,21,22,23). The van der Waals surface area contributed by atoms with Crippen LogP contribution in [0.15, 0.2) is 40.7 Å². The van der Waals surface area contributed by atoms with Gasteiger partial charge >= 0.3 is 0 Å².